The molecular formula is C24H29N5OS3. The zero-order valence-corrected chi connectivity index (χ0v) is 21.9. The Morgan fingerprint density at radius 2 is 2.21 bits per heavy atom. The Morgan fingerprint density at radius 3 is 2.88 bits per heavy atom. The number of anilines is 1. The number of carbonyl (C=O) groups is 1. The largest absolute Gasteiger partial charge is 0.316 e. The molecule has 1 atom stereocenters. The second-order valence-corrected chi connectivity index (χ2v) is 11.6. The van der Waals surface area contributed by atoms with Crippen LogP contribution < -0.4 is 5.32 Å². The molecular weight excluding hydrogens is 470 g/mol. The number of aromatic nitrogens is 3. The van der Waals surface area contributed by atoms with E-state index in [4.69, 9.17) is 0 Å². The first-order valence-electron chi connectivity index (χ1n) is 11.4. The third-order valence-electron chi connectivity index (χ3n) is 6.12. The van der Waals surface area contributed by atoms with Crippen molar-refractivity contribution in [3.05, 3.63) is 32.3 Å². The van der Waals surface area contributed by atoms with Crippen LogP contribution in [0.1, 0.15) is 67.3 Å². The molecule has 1 aliphatic carbocycles. The molecule has 174 valence electrons. The van der Waals surface area contributed by atoms with Gasteiger partial charge in [-0.15, -0.1) is 32.9 Å². The second kappa shape index (κ2) is 10.4. The Morgan fingerprint density at radius 1 is 1.39 bits per heavy atom. The summed E-state index contributed by atoms with van der Waals surface area (Å²) in [5, 5.41) is 25.0. The molecule has 3 aromatic heterocycles. The van der Waals surface area contributed by atoms with Gasteiger partial charge >= 0.3 is 0 Å². The molecule has 0 aromatic carbocycles. The van der Waals surface area contributed by atoms with Crippen molar-refractivity contribution in [3.8, 4) is 17.5 Å². The molecule has 33 heavy (non-hydrogen) atoms. The number of rotatable bonds is 8. The van der Waals surface area contributed by atoms with Crippen molar-refractivity contribution in [2.75, 3.05) is 11.1 Å². The number of nitrogens with zero attached hydrogens (tertiary/aromatic N) is 4. The van der Waals surface area contributed by atoms with Crippen molar-refractivity contribution in [2.45, 2.75) is 71.0 Å². The summed E-state index contributed by atoms with van der Waals surface area (Å²) < 4.78 is 2.06. The molecule has 0 radical (unpaired) electrons. The summed E-state index contributed by atoms with van der Waals surface area (Å²) in [5.74, 6) is 2.10. The minimum atomic E-state index is -0.119. The van der Waals surface area contributed by atoms with Gasteiger partial charge in [-0.2, -0.15) is 5.26 Å². The zero-order chi connectivity index (χ0) is 23.5. The van der Waals surface area contributed by atoms with Crippen molar-refractivity contribution in [3.63, 3.8) is 0 Å². The Bertz CT molecular complexity index is 1180. The molecule has 1 aliphatic rings. The van der Waals surface area contributed by atoms with Crippen LogP contribution in [-0.4, -0.2) is 26.4 Å². The van der Waals surface area contributed by atoms with E-state index in [1.807, 2.05) is 0 Å². The summed E-state index contributed by atoms with van der Waals surface area (Å²) in [4.78, 5) is 15.3. The highest BCUT2D eigenvalue weighted by Gasteiger charge is 2.26. The molecule has 0 fully saturated rings. The number of nitrogens with one attached hydrogen (secondary N) is 1. The van der Waals surface area contributed by atoms with Crippen LogP contribution in [0.5, 0.6) is 0 Å². The third kappa shape index (κ3) is 5.03. The van der Waals surface area contributed by atoms with Gasteiger partial charge in [0.05, 0.1) is 11.3 Å². The van der Waals surface area contributed by atoms with Crippen LogP contribution in [0, 0.1) is 17.2 Å². The summed E-state index contributed by atoms with van der Waals surface area (Å²) in [6.07, 6.45) is 4.22. The van der Waals surface area contributed by atoms with Gasteiger partial charge < -0.3 is 9.88 Å². The van der Waals surface area contributed by atoms with Gasteiger partial charge in [0.2, 0.25) is 5.91 Å². The summed E-state index contributed by atoms with van der Waals surface area (Å²) in [6.45, 7) is 9.38. The number of hydrogen-bond acceptors (Lipinski definition) is 7. The average molecular weight is 500 g/mol. The highest BCUT2D eigenvalue weighted by atomic mass is 32.2. The highest BCUT2D eigenvalue weighted by molar-refractivity contribution is 7.99. The van der Waals surface area contributed by atoms with Gasteiger partial charge in [-0.25, -0.2) is 0 Å². The van der Waals surface area contributed by atoms with Gasteiger partial charge in [-0.05, 0) is 49.7 Å². The van der Waals surface area contributed by atoms with E-state index in [2.05, 4.69) is 65.3 Å². The monoisotopic (exact) mass is 499 g/mol. The smallest absolute Gasteiger partial charge is 0.235 e. The van der Waals surface area contributed by atoms with E-state index in [1.54, 1.807) is 22.7 Å². The van der Waals surface area contributed by atoms with E-state index >= 15 is 0 Å². The van der Waals surface area contributed by atoms with Crippen LogP contribution >= 0.6 is 34.4 Å². The molecule has 3 aromatic rings. The number of thioether (sulfide) groups is 1. The van der Waals surface area contributed by atoms with Crippen LogP contribution in [0.3, 0.4) is 0 Å². The first-order valence-corrected chi connectivity index (χ1v) is 14.1. The lowest BCUT2D eigenvalue weighted by molar-refractivity contribution is -0.113. The normalized spacial score (nSPS) is 15.5. The molecule has 3 heterocycles. The molecule has 1 amide bonds. The van der Waals surface area contributed by atoms with Crippen molar-refractivity contribution in [2.24, 2.45) is 5.92 Å². The molecule has 9 heteroatoms. The molecule has 6 nitrogen and oxygen atoms in total. The predicted octanol–water partition coefficient (Wildman–Crippen LogP) is 6.33. The first kappa shape index (κ1) is 24.0. The van der Waals surface area contributed by atoms with Crippen LogP contribution in [0.2, 0.25) is 0 Å². The Labute approximate surface area is 207 Å². The van der Waals surface area contributed by atoms with Gasteiger partial charge in [0.25, 0.3) is 0 Å². The Kier molecular flexibility index (Phi) is 7.57. The topological polar surface area (TPSA) is 83.6 Å². The van der Waals surface area contributed by atoms with E-state index < -0.39 is 0 Å². The molecule has 0 spiro atoms. The minimum Gasteiger partial charge on any atom is -0.316 e. The highest BCUT2D eigenvalue weighted by Crippen LogP contribution is 2.40. The van der Waals surface area contributed by atoms with Gasteiger partial charge in [0.15, 0.2) is 11.0 Å². The maximum Gasteiger partial charge on any atom is 0.235 e. The zero-order valence-electron chi connectivity index (χ0n) is 19.5. The van der Waals surface area contributed by atoms with Crippen molar-refractivity contribution in [1.82, 2.24) is 14.8 Å². The van der Waals surface area contributed by atoms with Gasteiger partial charge in [0.1, 0.15) is 11.1 Å². The fraction of sp³-hybridized carbons (Fsp3) is 0.500. The fourth-order valence-electron chi connectivity index (χ4n) is 4.17. The van der Waals surface area contributed by atoms with Crippen LogP contribution in [0.15, 0.2) is 16.6 Å². The number of fused-ring (bicyclic) bond motifs is 1. The van der Waals surface area contributed by atoms with Crippen LogP contribution in [-0.2, 0) is 24.2 Å². The standard InChI is InChI=1S/C24H29N5OS3/c1-5-15-7-8-17-18(11-25)23(33-20(17)9-15)26-21(30)13-32-24-28-27-22(29(24)6-2)16-10-19(14(3)4)31-12-16/h10,12,14-15H,5-9,13H2,1-4H3,(H,26,30). The van der Waals surface area contributed by atoms with Crippen LogP contribution in [0.25, 0.3) is 11.4 Å². The van der Waals surface area contributed by atoms with E-state index in [0.717, 1.165) is 54.3 Å². The first-order chi connectivity index (χ1) is 15.9. The van der Waals surface area contributed by atoms with Crippen molar-refractivity contribution >= 4 is 45.3 Å². The maximum absolute atomic E-state index is 12.8. The van der Waals surface area contributed by atoms with Gasteiger partial charge in [-0.3, -0.25) is 4.79 Å². The molecule has 0 saturated heterocycles. The lowest BCUT2D eigenvalue weighted by Gasteiger charge is -2.20. The van der Waals surface area contributed by atoms with Gasteiger partial charge in [0, 0.05) is 27.2 Å². The minimum absolute atomic E-state index is 0.119. The number of nitriles is 1. The molecule has 1 unspecified atom stereocenters. The van der Waals surface area contributed by atoms with E-state index in [1.165, 1.54) is 21.5 Å². The summed E-state index contributed by atoms with van der Waals surface area (Å²) in [7, 11) is 0. The number of carbonyl (C=O) groups excluding carboxylic acids is 1. The maximum atomic E-state index is 12.8. The van der Waals surface area contributed by atoms with E-state index in [9.17, 15) is 10.1 Å². The molecule has 0 saturated carbocycles. The van der Waals surface area contributed by atoms with Gasteiger partial charge in [-0.1, -0.05) is 39.0 Å². The summed E-state index contributed by atoms with van der Waals surface area (Å²) in [6, 6.07) is 4.51. The molecule has 0 aliphatic heterocycles. The van der Waals surface area contributed by atoms with Crippen molar-refractivity contribution < 1.29 is 4.79 Å². The fourth-order valence-corrected chi connectivity index (χ4v) is 7.20. The van der Waals surface area contributed by atoms with Crippen molar-refractivity contribution in [1.29, 1.82) is 5.26 Å². The SMILES string of the molecule is CCC1CCc2c(sc(NC(=O)CSc3nnc(-c4csc(C(C)C)c4)n3CC)c2C#N)C1. The van der Waals surface area contributed by atoms with E-state index in [-0.39, 0.29) is 11.7 Å². The lowest BCUT2D eigenvalue weighted by atomic mass is 9.86. The van der Waals surface area contributed by atoms with E-state index in [0.29, 0.717) is 22.4 Å². The lowest BCUT2D eigenvalue weighted by Crippen LogP contribution is -2.15. The second-order valence-electron chi connectivity index (χ2n) is 8.62. The molecule has 1 N–H and O–H groups in total. The number of thiophene rings is 2. The Hall–Kier alpha value is -2.15. The predicted molar refractivity (Wildman–Crippen MR) is 137 cm³/mol. The molecule has 4 rings (SSSR count). The van der Waals surface area contributed by atoms with Crippen LogP contribution in [0.4, 0.5) is 5.00 Å². The number of amides is 1. The summed E-state index contributed by atoms with van der Waals surface area (Å²) >= 11 is 4.70. The third-order valence-corrected chi connectivity index (χ3v) is 9.49. The Balaban J connectivity index is 1.44. The quantitative estimate of drug-likeness (QED) is 0.366. The average Bonchev–Trinajstić information content (AvgIpc) is 3.52. The summed E-state index contributed by atoms with van der Waals surface area (Å²) in [5.41, 5.74) is 2.87. The molecule has 0 bridgehead atoms. The number of hydrogen-bond donors (Lipinski definition) is 1.